The lowest BCUT2D eigenvalue weighted by molar-refractivity contribution is 0.258. The third-order valence-corrected chi connectivity index (χ3v) is 6.54. The van der Waals surface area contributed by atoms with Crippen molar-refractivity contribution >= 4 is 39.8 Å². The first kappa shape index (κ1) is 26.4. The number of guanidine groups is 1. The number of rotatable bonds is 8. The van der Waals surface area contributed by atoms with Crippen LogP contribution in [0.15, 0.2) is 64.5 Å². The third-order valence-electron chi connectivity index (χ3n) is 5.41. The molecule has 2 atom stereocenters. The summed E-state index contributed by atoms with van der Waals surface area (Å²) in [7, 11) is -1.43. The minimum atomic E-state index is -3.19. The molecule has 2 aromatic carbocycles. The van der Waals surface area contributed by atoms with Crippen molar-refractivity contribution in [3.63, 3.8) is 0 Å². The number of likely N-dealkylation sites (tertiary alicyclic amines) is 1. The van der Waals surface area contributed by atoms with Crippen molar-refractivity contribution in [2.24, 2.45) is 4.99 Å². The van der Waals surface area contributed by atoms with E-state index in [4.69, 9.17) is 4.74 Å². The smallest absolute Gasteiger partial charge is 0.191 e. The van der Waals surface area contributed by atoms with Crippen molar-refractivity contribution < 1.29 is 13.2 Å². The fourth-order valence-corrected chi connectivity index (χ4v) is 4.38. The van der Waals surface area contributed by atoms with Crippen LogP contribution in [0.25, 0.3) is 0 Å². The topological polar surface area (TPSA) is 83.0 Å². The fourth-order valence-electron chi connectivity index (χ4n) is 3.75. The van der Waals surface area contributed by atoms with Crippen LogP contribution < -0.4 is 15.4 Å². The first-order chi connectivity index (χ1) is 14.8. The van der Waals surface area contributed by atoms with Gasteiger partial charge in [-0.15, -0.1) is 24.0 Å². The Balaban J connectivity index is 0.00000363. The number of sulfone groups is 1. The van der Waals surface area contributed by atoms with Gasteiger partial charge in [-0.1, -0.05) is 30.3 Å². The fraction of sp³-hybridized carbons (Fsp3) is 0.435. The summed E-state index contributed by atoms with van der Waals surface area (Å²) >= 11 is 0. The van der Waals surface area contributed by atoms with Crippen LogP contribution in [0.1, 0.15) is 18.9 Å². The van der Waals surface area contributed by atoms with Crippen molar-refractivity contribution in [3.8, 4) is 5.75 Å². The summed E-state index contributed by atoms with van der Waals surface area (Å²) in [6.07, 6.45) is 2.26. The molecule has 0 amide bonds. The molecule has 9 heteroatoms. The zero-order chi connectivity index (χ0) is 22.3. The van der Waals surface area contributed by atoms with Gasteiger partial charge in [0.05, 0.1) is 11.4 Å². The molecule has 0 spiro atoms. The van der Waals surface area contributed by atoms with Gasteiger partial charge in [0.25, 0.3) is 0 Å². The second-order valence-corrected chi connectivity index (χ2v) is 9.95. The van der Waals surface area contributed by atoms with E-state index >= 15 is 0 Å². The molecule has 0 aromatic heterocycles. The normalized spacial score (nSPS) is 19.3. The molecule has 1 fully saturated rings. The van der Waals surface area contributed by atoms with Crippen LogP contribution in [0.4, 0.5) is 0 Å². The number of ether oxygens (including phenoxy) is 1. The highest BCUT2D eigenvalue weighted by molar-refractivity contribution is 14.0. The van der Waals surface area contributed by atoms with Gasteiger partial charge in [0, 0.05) is 38.5 Å². The van der Waals surface area contributed by atoms with Crippen molar-refractivity contribution in [1.82, 2.24) is 15.5 Å². The average Bonchev–Trinajstić information content (AvgIpc) is 3.09. The summed E-state index contributed by atoms with van der Waals surface area (Å²) in [4.78, 5) is 7.10. The Morgan fingerprint density at radius 1 is 1.16 bits per heavy atom. The molecule has 0 saturated carbocycles. The van der Waals surface area contributed by atoms with Crippen LogP contribution in [0.2, 0.25) is 0 Å². The predicted molar refractivity (Wildman–Crippen MR) is 140 cm³/mol. The van der Waals surface area contributed by atoms with Crippen molar-refractivity contribution in [1.29, 1.82) is 0 Å². The van der Waals surface area contributed by atoms with E-state index in [9.17, 15) is 8.42 Å². The van der Waals surface area contributed by atoms with Crippen molar-refractivity contribution in [2.45, 2.75) is 36.9 Å². The lowest BCUT2D eigenvalue weighted by Crippen LogP contribution is -2.45. The summed E-state index contributed by atoms with van der Waals surface area (Å²) in [6, 6.07) is 17.9. The quantitative estimate of drug-likeness (QED) is 0.219. The summed E-state index contributed by atoms with van der Waals surface area (Å²) < 4.78 is 28.7. The molecule has 32 heavy (non-hydrogen) atoms. The summed E-state index contributed by atoms with van der Waals surface area (Å²) in [5.74, 6) is 1.40. The third kappa shape index (κ3) is 7.93. The molecule has 1 aliphatic rings. The van der Waals surface area contributed by atoms with Gasteiger partial charge in [0.15, 0.2) is 15.8 Å². The van der Waals surface area contributed by atoms with Gasteiger partial charge in [-0.2, -0.15) is 0 Å². The Morgan fingerprint density at radius 3 is 2.47 bits per heavy atom. The zero-order valence-corrected chi connectivity index (χ0v) is 22.0. The Labute approximate surface area is 208 Å². The first-order valence-electron chi connectivity index (χ1n) is 10.5. The number of hydrogen-bond donors (Lipinski definition) is 2. The predicted octanol–water partition coefficient (Wildman–Crippen LogP) is 2.91. The first-order valence-corrected chi connectivity index (χ1v) is 12.4. The number of benzene rings is 2. The maximum absolute atomic E-state index is 11.5. The molecule has 1 aliphatic heterocycles. The lowest BCUT2D eigenvalue weighted by Gasteiger charge is -2.21. The van der Waals surface area contributed by atoms with Gasteiger partial charge in [-0.05, 0) is 43.2 Å². The van der Waals surface area contributed by atoms with E-state index in [0.717, 1.165) is 25.5 Å². The molecule has 2 N–H and O–H groups in total. The van der Waals surface area contributed by atoms with E-state index in [-0.39, 0.29) is 28.9 Å². The summed E-state index contributed by atoms with van der Waals surface area (Å²) in [5, 5.41) is 6.79. The Morgan fingerprint density at radius 2 is 1.84 bits per heavy atom. The maximum atomic E-state index is 11.5. The Bertz CT molecular complexity index is 968. The monoisotopic (exact) mass is 572 g/mol. The molecule has 2 unspecified atom stereocenters. The van der Waals surface area contributed by atoms with E-state index in [1.165, 1.54) is 11.8 Å². The van der Waals surface area contributed by atoms with Gasteiger partial charge in [0.1, 0.15) is 12.4 Å². The number of nitrogens with one attached hydrogen (secondary N) is 2. The van der Waals surface area contributed by atoms with Gasteiger partial charge in [-0.25, -0.2) is 8.42 Å². The summed E-state index contributed by atoms with van der Waals surface area (Å²) in [5.41, 5.74) is 1.33. The molecule has 1 saturated heterocycles. The lowest BCUT2D eigenvalue weighted by atomic mass is 10.2. The van der Waals surface area contributed by atoms with Gasteiger partial charge >= 0.3 is 0 Å². The molecule has 3 rings (SSSR count). The van der Waals surface area contributed by atoms with Crippen LogP contribution in [0.5, 0.6) is 5.75 Å². The number of hydrogen-bond acceptors (Lipinski definition) is 5. The number of halogens is 1. The SMILES string of the molecule is CN=C(NCCOc1ccc(S(C)(=O)=O)cc1)NC1CC(C)N(Cc2ccccc2)C1.I. The molecule has 0 radical (unpaired) electrons. The molecular weight excluding hydrogens is 539 g/mol. The minimum Gasteiger partial charge on any atom is -0.492 e. The van der Waals surface area contributed by atoms with Crippen LogP contribution in [-0.4, -0.2) is 64.4 Å². The van der Waals surface area contributed by atoms with Gasteiger partial charge < -0.3 is 15.4 Å². The molecule has 2 aromatic rings. The second kappa shape index (κ2) is 12.4. The Kier molecular flexibility index (Phi) is 10.2. The van der Waals surface area contributed by atoms with E-state index in [1.54, 1.807) is 31.3 Å². The van der Waals surface area contributed by atoms with Crippen molar-refractivity contribution in [3.05, 3.63) is 60.2 Å². The van der Waals surface area contributed by atoms with E-state index in [0.29, 0.717) is 31.0 Å². The second-order valence-electron chi connectivity index (χ2n) is 7.93. The van der Waals surface area contributed by atoms with E-state index in [1.807, 2.05) is 6.07 Å². The van der Waals surface area contributed by atoms with Gasteiger partial charge in [0.2, 0.25) is 0 Å². The minimum absolute atomic E-state index is 0. The van der Waals surface area contributed by atoms with E-state index < -0.39 is 9.84 Å². The highest BCUT2D eigenvalue weighted by Gasteiger charge is 2.29. The molecule has 0 bridgehead atoms. The van der Waals surface area contributed by atoms with Crippen LogP contribution >= 0.6 is 24.0 Å². The van der Waals surface area contributed by atoms with Gasteiger partial charge in [-0.3, -0.25) is 9.89 Å². The number of aliphatic imine (C=N–C) groups is 1. The molecule has 176 valence electrons. The molecule has 1 heterocycles. The zero-order valence-electron chi connectivity index (χ0n) is 18.8. The molecular formula is C23H33IN4O3S. The van der Waals surface area contributed by atoms with Crippen LogP contribution in [0.3, 0.4) is 0 Å². The highest BCUT2D eigenvalue weighted by Crippen LogP contribution is 2.20. The van der Waals surface area contributed by atoms with E-state index in [2.05, 4.69) is 51.7 Å². The molecule has 7 nitrogen and oxygen atoms in total. The molecule has 0 aliphatic carbocycles. The number of nitrogens with zero attached hydrogens (tertiary/aromatic N) is 2. The standard InChI is InChI=1S/C23H32N4O3S.HI/c1-18-15-20(17-27(18)16-19-7-5-4-6-8-19)26-23(24-2)25-13-14-30-21-9-11-22(12-10-21)31(3,28)29;/h4-12,18,20H,13-17H2,1-3H3,(H2,24,25,26);1H. The Hall–Kier alpha value is -1.85. The highest BCUT2D eigenvalue weighted by atomic mass is 127. The maximum Gasteiger partial charge on any atom is 0.191 e. The average molecular weight is 573 g/mol. The summed E-state index contributed by atoms with van der Waals surface area (Å²) in [6.45, 7) is 5.23. The van der Waals surface area contributed by atoms with Crippen molar-refractivity contribution in [2.75, 3.05) is 33.0 Å². The largest absolute Gasteiger partial charge is 0.492 e. The van der Waals surface area contributed by atoms with Crippen LogP contribution in [-0.2, 0) is 16.4 Å². The van der Waals surface area contributed by atoms with Crippen LogP contribution in [0, 0.1) is 0 Å².